The largest absolute Gasteiger partial charge is 0.493 e. The van der Waals surface area contributed by atoms with Crippen LogP contribution in [-0.4, -0.2) is 45.1 Å². The molecule has 0 aromatic heterocycles. The summed E-state index contributed by atoms with van der Waals surface area (Å²) in [5.41, 5.74) is 2.07. The molecule has 1 atom stereocenters. The third-order valence-electron chi connectivity index (χ3n) is 3.53. The highest BCUT2D eigenvalue weighted by molar-refractivity contribution is 9.09. The summed E-state index contributed by atoms with van der Waals surface area (Å²) in [6.07, 6.45) is 1.92. The molecule has 0 saturated carbocycles. The van der Waals surface area contributed by atoms with Crippen LogP contribution in [0.25, 0.3) is 0 Å². The lowest BCUT2D eigenvalue weighted by Crippen LogP contribution is -2.40. The van der Waals surface area contributed by atoms with Gasteiger partial charge in [0.2, 0.25) is 10.0 Å². The van der Waals surface area contributed by atoms with Gasteiger partial charge in [-0.05, 0) is 29.7 Å². The van der Waals surface area contributed by atoms with E-state index in [0.717, 1.165) is 11.1 Å². The van der Waals surface area contributed by atoms with Crippen molar-refractivity contribution < 1.29 is 17.9 Å². The molecule has 0 unspecified atom stereocenters. The van der Waals surface area contributed by atoms with Crippen molar-refractivity contribution in [3.8, 4) is 11.5 Å². The molecule has 0 aliphatic carbocycles. The van der Waals surface area contributed by atoms with E-state index in [-0.39, 0.29) is 6.04 Å². The number of benzene rings is 1. The maximum Gasteiger partial charge on any atom is 0.211 e. The number of hydrogen-bond donors (Lipinski definition) is 0. The fourth-order valence-corrected chi connectivity index (χ4v) is 4.53. The van der Waals surface area contributed by atoms with E-state index < -0.39 is 10.0 Å². The van der Waals surface area contributed by atoms with Gasteiger partial charge in [0.25, 0.3) is 0 Å². The molecule has 0 radical (unpaired) electrons. The molecule has 1 aliphatic heterocycles. The van der Waals surface area contributed by atoms with E-state index in [1.165, 1.54) is 10.6 Å². The summed E-state index contributed by atoms with van der Waals surface area (Å²) in [6, 6.07) is 3.59. The second-order valence-electron chi connectivity index (χ2n) is 4.70. The Labute approximate surface area is 128 Å². The highest BCUT2D eigenvalue weighted by Crippen LogP contribution is 2.39. The first-order valence-electron chi connectivity index (χ1n) is 6.20. The minimum atomic E-state index is -3.23. The van der Waals surface area contributed by atoms with Crippen molar-refractivity contribution in [2.75, 3.05) is 32.4 Å². The number of fused-ring (bicyclic) bond motifs is 1. The number of halogens is 1. The Kier molecular flexibility index (Phi) is 4.61. The molecule has 2 rings (SSSR count). The zero-order chi connectivity index (χ0) is 14.9. The van der Waals surface area contributed by atoms with Gasteiger partial charge in [0.1, 0.15) is 0 Å². The van der Waals surface area contributed by atoms with Crippen LogP contribution in [0.15, 0.2) is 12.1 Å². The molecule has 0 saturated heterocycles. The van der Waals surface area contributed by atoms with Crippen molar-refractivity contribution in [1.82, 2.24) is 4.31 Å². The van der Waals surface area contributed by atoms with Crippen LogP contribution in [0.5, 0.6) is 11.5 Å². The average molecular weight is 364 g/mol. The number of methoxy groups -OCH3 is 2. The van der Waals surface area contributed by atoms with E-state index in [0.29, 0.717) is 29.8 Å². The number of nitrogens with zero attached hydrogens (tertiary/aromatic N) is 1. The standard InChI is InChI=1S/C13H18BrNO4S/c1-18-12-6-9-4-5-15(20(3,16)17)11(8-14)10(9)7-13(12)19-2/h6-7,11H,4-5,8H2,1-3H3/t11-/m0/s1. The van der Waals surface area contributed by atoms with Crippen molar-refractivity contribution in [2.45, 2.75) is 12.5 Å². The predicted molar refractivity (Wildman–Crippen MR) is 81.3 cm³/mol. The van der Waals surface area contributed by atoms with E-state index in [1.807, 2.05) is 12.1 Å². The van der Waals surface area contributed by atoms with Gasteiger partial charge in [-0.25, -0.2) is 8.42 Å². The van der Waals surface area contributed by atoms with E-state index >= 15 is 0 Å². The van der Waals surface area contributed by atoms with Crippen LogP contribution in [-0.2, 0) is 16.4 Å². The fraction of sp³-hybridized carbons (Fsp3) is 0.538. The molecule has 1 aromatic rings. The zero-order valence-corrected chi connectivity index (χ0v) is 14.1. The topological polar surface area (TPSA) is 55.8 Å². The molecular weight excluding hydrogens is 346 g/mol. The molecule has 1 aliphatic rings. The maximum absolute atomic E-state index is 11.9. The van der Waals surface area contributed by atoms with Gasteiger partial charge in [-0.15, -0.1) is 0 Å². The second kappa shape index (κ2) is 5.91. The van der Waals surface area contributed by atoms with Gasteiger partial charge in [0.15, 0.2) is 11.5 Å². The summed E-state index contributed by atoms with van der Waals surface area (Å²) in [5, 5.41) is 0.544. The smallest absolute Gasteiger partial charge is 0.211 e. The van der Waals surface area contributed by atoms with Gasteiger partial charge < -0.3 is 9.47 Å². The van der Waals surface area contributed by atoms with Crippen molar-refractivity contribution in [1.29, 1.82) is 0 Å². The molecule has 0 N–H and O–H groups in total. The molecule has 1 heterocycles. The van der Waals surface area contributed by atoms with Crippen LogP contribution in [0, 0.1) is 0 Å². The van der Waals surface area contributed by atoms with Gasteiger partial charge in [-0.1, -0.05) is 15.9 Å². The number of ether oxygens (including phenoxy) is 2. The van der Waals surface area contributed by atoms with Crippen LogP contribution in [0.4, 0.5) is 0 Å². The lowest BCUT2D eigenvalue weighted by atomic mass is 9.94. The Morgan fingerprint density at radius 3 is 2.40 bits per heavy atom. The van der Waals surface area contributed by atoms with Crippen LogP contribution in [0.1, 0.15) is 17.2 Å². The molecule has 20 heavy (non-hydrogen) atoms. The third kappa shape index (κ3) is 2.80. The first-order valence-corrected chi connectivity index (χ1v) is 9.17. The second-order valence-corrected chi connectivity index (χ2v) is 7.28. The van der Waals surface area contributed by atoms with Crippen molar-refractivity contribution in [3.05, 3.63) is 23.3 Å². The Bertz CT molecular complexity index is 603. The van der Waals surface area contributed by atoms with Crippen LogP contribution < -0.4 is 9.47 Å². The zero-order valence-electron chi connectivity index (χ0n) is 11.7. The highest BCUT2D eigenvalue weighted by atomic mass is 79.9. The van der Waals surface area contributed by atoms with Crippen LogP contribution in [0.3, 0.4) is 0 Å². The summed E-state index contributed by atoms with van der Waals surface area (Å²) >= 11 is 3.42. The number of alkyl halides is 1. The van der Waals surface area contributed by atoms with Crippen molar-refractivity contribution >= 4 is 26.0 Å². The van der Waals surface area contributed by atoms with Gasteiger partial charge in [-0.3, -0.25) is 0 Å². The number of sulfonamides is 1. The summed E-state index contributed by atoms with van der Waals surface area (Å²) in [6.45, 7) is 0.484. The third-order valence-corrected chi connectivity index (χ3v) is 5.43. The van der Waals surface area contributed by atoms with Crippen LogP contribution >= 0.6 is 15.9 Å². The SMILES string of the molecule is COc1cc2c(cc1OC)[C@H](CBr)N(S(C)(=O)=O)CC2. The van der Waals surface area contributed by atoms with Crippen molar-refractivity contribution in [2.24, 2.45) is 0 Å². The molecule has 5 nitrogen and oxygen atoms in total. The van der Waals surface area contributed by atoms with Gasteiger partial charge in [-0.2, -0.15) is 4.31 Å². The summed E-state index contributed by atoms with van der Waals surface area (Å²) in [5.74, 6) is 1.29. The highest BCUT2D eigenvalue weighted by Gasteiger charge is 2.33. The number of hydrogen-bond acceptors (Lipinski definition) is 4. The van der Waals surface area contributed by atoms with E-state index in [2.05, 4.69) is 15.9 Å². The Balaban J connectivity index is 2.53. The molecule has 0 bridgehead atoms. The summed E-state index contributed by atoms with van der Waals surface area (Å²) in [4.78, 5) is 0. The Morgan fingerprint density at radius 1 is 1.30 bits per heavy atom. The molecule has 0 amide bonds. The predicted octanol–water partition coefficient (Wildman–Crippen LogP) is 1.96. The quantitative estimate of drug-likeness (QED) is 0.767. The molecule has 7 heteroatoms. The minimum absolute atomic E-state index is 0.214. The summed E-state index contributed by atoms with van der Waals surface area (Å²) in [7, 11) is -0.0648. The fourth-order valence-electron chi connectivity index (χ4n) is 2.56. The number of rotatable bonds is 4. The van der Waals surface area contributed by atoms with Gasteiger partial charge in [0.05, 0.1) is 26.5 Å². The molecule has 0 fully saturated rings. The minimum Gasteiger partial charge on any atom is -0.493 e. The molecular formula is C13H18BrNO4S. The van der Waals surface area contributed by atoms with E-state index in [4.69, 9.17) is 9.47 Å². The van der Waals surface area contributed by atoms with Crippen molar-refractivity contribution in [3.63, 3.8) is 0 Å². The average Bonchev–Trinajstić information content (AvgIpc) is 2.43. The summed E-state index contributed by atoms with van der Waals surface area (Å²) < 4.78 is 35.9. The monoisotopic (exact) mass is 363 g/mol. The van der Waals surface area contributed by atoms with Crippen LogP contribution in [0.2, 0.25) is 0 Å². The Morgan fingerprint density at radius 2 is 1.90 bits per heavy atom. The molecule has 112 valence electrons. The van der Waals surface area contributed by atoms with E-state index in [9.17, 15) is 8.42 Å². The normalized spacial score (nSPS) is 19.5. The molecule has 0 spiro atoms. The first-order chi connectivity index (χ1) is 9.42. The lowest BCUT2D eigenvalue weighted by Gasteiger charge is -2.35. The van der Waals surface area contributed by atoms with E-state index in [1.54, 1.807) is 14.2 Å². The Hall–Kier alpha value is -0.790. The lowest BCUT2D eigenvalue weighted by molar-refractivity contribution is 0.325. The first kappa shape index (κ1) is 15.6. The van der Waals surface area contributed by atoms with Gasteiger partial charge in [0, 0.05) is 11.9 Å². The maximum atomic E-state index is 11.9. The van der Waals surface area contributed by atoms with Gasteiger partial charge >= 0.3 is 0 Å². The molecule has 1 aromatic carbocycles.